The number of nitrogens with zero attached hydrogens (tertiary/aromatic N) is 2. The van der Waals surface area contributed by atoms with Crippen molar-refractivity contribution in [3.63, 3.8) is 0 Å². The van der Waals surface area contributed by atoms with Crippen molar-refractivity contribution in [2.24, 2.45) is 0 Å². The summed E-state index contributed by atoms with van der Waals surface area (Å²) in [4.78, 5) is 12.5. The number of aromatic nitrogens is 2. The Bertz CT molecular complexity index is 877. The molecule has 1 heterocycles. The zero-order valence-corrected chi connectivity index (χ0v) is 14.5. The number of carbonyl (C=O) groups is 1. The summed E-state index contributed by atoms with van der Waals surface area (Å²) in [7, 11) is 0. The Morgan fingerprint density at radius 1 is 1.21 bits per heavy atom. The van der Waals surface area contributed by atoms with Gasteiger partial charge in [-0.2, -0.15) is 5.10 Å². The van der Waals surface area contributed by atoms with Gasteiger partial charge in [0, 0.05) is 10.5 Å². The Morgan fingerprint density at radius 3 is 2.71 bits per heavy atom. The van der Waals surface area contributed by atoms with Crippen molar-refractivity contribution in [2.45, 2.75) is 13.5 Å². The Hall–Kier alpha value is -2.47. The van der Waals surface area contributed by atoms with Gasteiger partial charge in [0.25, 0.3) is 5.91 Å². The highest BCUT2D eigenvalue weighted by Gasteiger charge is 2.14. The largest absolute Gasteiger partial charge is 0.307 e. The Kier molecular flexibility index (Phi) is 4.76. The van der Waals surface area contributed by atoms with Crippen molar-refractivity contribution >= 4 is 27.7 Å². The fraction of sp³-hybridized carbons (Fsp3) is 0.111. The number of hydrogen-bond acceptors (Lipinski definition) is 2. The predicted molar refractivity (Wildman–Crippen MR) is 94.6 cm³/mol. The van der Waals surface area contributed by atoms with Gasteiger partial charge in [0.2, 0.25) is 0 Å². The van der Waals surface area contributed by atoms with Crippen molar-refractivity contribution in [2.75, 3.05) is 5.32 Å². The van der Waals surface area contributed by atoms with E-state index in [0.29, 0.717) is 16.8 Å². The minimum Gasteiger partial charge on any atom is -0.307 e. The summed E-state index contributed by atoms with van der Waals surface area (Å²) in [6, 6.07) is 15.6. The first-order valence-corrected chi connectivity index (χ1v) is 8.17. The summed E-state index contributed by atoms with van der Waals surface area (Å²) >= 11 is 3.27. The second-order valence-corrected chi connectivity index (χ2v) is 6.25. The molecule has 1 amide bonds. The summed E-state index contributed by atoms with van der Waals surface area (Å²) in [6.45, 7) is 2.39. The summed E-state index contributed by atoms with van der Waals surface area (Å²) in [5.74, 6) is -0.287. The molecule has 0 atom stereocenters. The molecule has 0 radical (unpaired) electrons. The average Bonchev–Trinajstić information content (AvgIpc) is 2.90. The van der Waals surface area contributed by atoms with Crippen molar-refractivity contribution in [1.29, 1.82) is 0 Å². The van der Waals surface area contributed by atoms with Gasteiger partial charge in [-0.1, -0.05) is 30.3 Å². The van der Waals surface area contributed by atoms with E-state index in [1.807, 2.05) is 37.3 Å². The van der Waals surface area contributed by atoms with Crippen LogP contribution in [0.2, 0.25) is 0 Å². The molecular formula is C18H15BrFN3O. The molecule has 0 aliphatic rings. The zero-order valence-electron chi connectivity index (χ0n) is 13.0. The highest BCUT2D eigenvalue weighted by atomic mass is 79.9. The quantitative estimate of drug-likeness (QED) is 0.721. The number of carbonyl (C=O) groups excluding carboxylic acids is 1. The number of nitrogens with one attached hydrogen (secondary N) is 1. The van der Waals surface area contributed by atoms with Crippen LogP contribution in [0.25, 0.3) is 0 Å². The SMILES string of the molecule is Cc1cc(NC(=O)c2cc(F)ccc2Br)n(Cc2ccccc2)n1. The smallest absolute Gasteiger partial charge is 0.258 e. The number of hydrogen-bond donors (Lipinski definition) is 1. The fourth-order valence-electron chi connectivity index (χ4n) is 2.38. The molecule has 3 aromatic rings. The second-order valence-electron chi connectivity index (χ2n) is 5.39. The Morgan fingerprint density at radius 2 is 1.96 bits per heavy atom. The van der Waals surface area contributed by atoms with E-state index in [1.165, 1.54) is 18.2 Å². The normalized spacial score (nSPS) is 10.6. The molecule has 6 heteroatoms. The molecule has 0 unspecified atom stereocenters. The average molecular weight is 388 g/mol. The Balaban J connectivity index is 1.85. The van der Waals surface area contributed by atoms with Crippen molar-refractivity contribution in [3.8, 4) is 0 Å². The molecule has 3 rings (SSSR count). The van der Waals surface area contributed by atoms with E-state index >= 15 is 0 Å². The van der Waals surface area contributed by atoms with Gasteiger partial charge >= 0.3 is 0 Å². The summed E-state index contributed by atoms with van der Waals surface area (Å²) in [5, 5.41) is 7.21. The standard InChI is InChI=1S/C18H15BrFN3O/c1-12-9-17(23(22-12)11-13-5-3-2-4-6-13)21-18(24)15-10-14(20)7-8-16(15)19/h2-10H,11H2,1H3,(H,21,24). The van der Waals surface area contributed by atoms with Crippen LogP contribution >= 0.6 is 15.9 Å². The molecule has 1 aromatic heterocycles. The molecule has 122 valence electrons. The van der Waals surface area contributed by atoms with Crippen LogP contribution in [0.4, 0.5) is 10.2 Å². The first-order valence-electron chi connectivity index (χ1n) is 7.38. The number of amides is 1. The van der Waals surface area contributed by atoms with E-state index in [-0.39, 0.29) is 5.56 Å². The van der Waals surface area contributed by atoms with E-state index in [9.17, 15) is 9.18 Å². The minimum absolute atomic E-state index is 0.236. The van der Waals surface area contributed by atoms with E-state index in [4.69, 9.17) is 0 Å². The maximum Gasteiger partial charge on any atom is 0.258 e. The molecule has 24 heavy (non-hydrogen) atoms. The molecule has 0 spiro atoms. The maximum atomic E-state index is 13.4. The van der Waals surface area contributed by atoms with Crippen LogP contribution in [0.15, 0.2) is 59.1 Å². The van der Waals surface area contributed by atoms with Crippen LogP contribution in [0, 0.1) is 12.7 Å². The van der Waals surface area contributed by atoms with Crippen molar-refractivity contribution < 1.29 is 9.18 Å². The van der Waals surface area contributed by atoms with Crippen molar-refractivity contribution in [1.82, 2.24) is 9.78 Å². The van der Waals surface area contributed by atoms with Gasteiger partial charge in [-0.15, -0.1) is 0 Å². The monoisotopic (exact) mass is 387 g/mol. The number of benzene rings is 2. The molecule has 2 aromatic carbocycles. The molecule has 0 bridgehead atoms. The van der Waals surface area contributed by atoms with E-state index in [0.717, 1.165) is 11.3 Å². The molecule has 4 nitrogen and oxygen atoms in total. The number of aryl methyl sites for hydroxylation is 1. The third kappa shape index (κ3) is 3.71. The molecule has 0 aliphatic heterocycles. The highest BCUT2D eigenvalue weighted by molar-refractivity contribution is 9.10. The van der Waals surface area contributed by atoms with Gasteiger partial charge < -0.3 is 5.32 Å². The first-order chi connectivity index (χ1) is 11.5. The minimum atomic E-state index is -0.461. The van der Waals surface area contributed by atoms with Crippen LogP contribution in [0.1, 0.15) is 21.6 Å². The van der Waals surface area contributed by atoms with Crippen LogP contribution in [0.5, 0.6) is 0 Å². The molecule has 0 aliphatic carbocycles. The third-order valence-electron chi connectivity index (χ3n) is 3.49. The fourth-order valence-corrected chi connectivity index (χ4v) is 2.80. The Labute approximate surface area is 147 Å². The molecule has 0 saturated carbocycles. The third-order valence-corrected chi connectivity index (χ3v) is 4.18. The molecule has 0 fully saturated rings. The lowest BCUT2D eigenvalue weighted by atomic mass is 10.2. The second kappa shape index (κ2) is 6.97. The lowest BCUT2D eigenvalue weighted by Crippen LogP contribution is -2.17. The van der Waals surface area contributed by atoms with Gasteiger partial charge in [-0.3, -0.25) is 4.79 Å². The topological polar surface area (TPSA) is 46.9 Å². The molecule has 1 N–H and O–H groups in total. The number of halogens is 2. The van der Waals surface area contributed by atoms with Gasteiger partial charge in [0.05, 0.1) is 17.8 Å². The van der Waals surface area contributed by atoms with Crippen LogP contribution in [-0.2, 0) is 6.54 Å². The van der Waals surface area contributed by atoms with Crippen LogP contribution in [-0.4, -0.2) is 15.7 Å². The van der Waals surface area contributed by atoms with E-state index in [2.05, 4.69) is 26.3 Å². The highest BCUT2D eigenvalue weighted by Crippen LogP contribution is 2.20. The summed E-state index contributed by atoms with van der Waals surface area (Å²) in [5.41, 5.74) is 2.10. The molecule has 0 saturated heterocycles. The lowest BCUT2D eigenvalue weighted by molar-refractivity contribution is 0.102. The number of anilines is 1. The van der Waals surface area contributed by atoms with E-state index < -0.39 is 11.7 Å². The maximum absolute atomic E-state index is 13.4. The van der Waals surface area contributed by atoms with Gasteiger partial charge in [-0.05, 0) is 46.6 Å². The summed E-state index contributed by atoms with van der Waals surface area (Å²) < 4.78 is 15.7. The van der Waals surface area contributed by atoms with E-state index in [1.54, 1.807) is 10.7 Å². The van der Waals surface area contributed by atoms with Gasteiger partial charge in [0.15, 0.2) is 0 Å². The van der Waals surface area contributed by atoms with Crippen LogP contribution in [0.3, 0.4) is 0 Å². The lowest BCUT2D eigenvalue weighted by Gasteiger charge is -2.10. The number of rotatable bonds is 4. The summed E-state index contributed by atoms with van der Waals surface area (Å²) in [6.07, 6.45) is 0. The first kappa shape index (κ1) is 16.4. The van der Waals surface area contributed by atoms with Gasteiger partial charge in [0.1, 0.15) is 11.6 Å². The van der Waals surface area contributed by atoms with Crippen LogP contribution < -0.4 is 5.32 Å². The predicted octanol–water partition coefficient (Wildman–Crippen LogP) is 4.39. The van der Waals surface area contributed by atoms with Crippen molar-refractivity contribution in [3.05, 3.63) is 81.7 Å². The zero-order chi connectivity index (χ0) is 17.1. The van der Waals surface area contributed by atoms with Gasteiger partial charge in [-0.25, -0.2) is 9.07 Å². The molecular weight excluding hydrogens is 373 g/mol.